The quantitative estimate of drug-likeness (QED) is 0.0901. The number of aliphatic hydroxyl groups excluding tert-OH is 1. The molecule has 0 unspecified atom stereocenters. The molecule has 0 saturated heterocycles. The normalized spacial score (nSPS) is 11.6. The Bertz CT molecular complexity index is 1890. The van der Waals surface area contributed by atoms with Gasteiger partial charge in [0.05, 0.1) is 5.76 Å². The number of pyridine rings is 1. The summed E-state index contributed by atoms with van der Waals surface area (Å²) in [6.45, 7) is 8.07. The van der Waals surface area contributed by atoms with Gasteiger partial charge in [0.25, 0.3) is 0 Å². The van der Waals surface area contributed by atoms with Crippen LogP contribution in [0.2, 0.25) is 0 Å². The van der Waals surface area contributed by atoms with Crippen molar-refractivity contribution in [2.75, 3.05) is 0 Å². The van der Waals surface area contributed by atoms with Gasteiger partial charge in [-0.25, -0.2) is 0 Å². The molecule has 6 rings (SSSR count). The monoisotopic (exact) mass is 791 g/mol. The molecule has 2 heterocycles. The maximum Gasteiger partial charge on any atom is 0.162 e. The van der Waals surface area contributed by atoms with E-state index < -0.39 is 0 Å². The predicted molar refractivity (Wildman–Crippen MR) is 188 cm³/mol. The van der Waals surface area contributed by atoms with Crippen molar-refractivity contribution in [3.8, 4) is 22.3 Å². The Balaban J connectivity index is 0.000000249. The summed E-state index contributed by atoms with van der Waals surface area (Å²) in [4.78, 5) is 16.4. The van der Waals surface area contributed by atoms with E-state index in [2.05, 4.69) is 91.0 Å². The number of fused-ring (bicyclic) bond motifs is 4. The van der Waals surface area contributed by atoms with E-state index in [1.165, 1.54) is 43.1 Å². The third-order valence-corrected chi connectivity index (χ3v) is 9.65. The van der Waals surface area contributed by atoms with E-state index in [-0.39, 0.29) is 43.5 Å². The molecule has 233 valence electrons. The number of ketones is 1. The molecule has 45 heavy (non-hydrogen) atoms. The van der Waals surface area contributed by atoms with Crippen LogP contribution in [0.1, 0.15) is 53.4 Å². The van der Waals surface area contributed by atoms with Crippen molar-refractivity contribution >= 4 is 48.2 Å². The van der Waals surface area contributed by atoms with Crippen LogP contribution in [-0.4, -0.2) is 15.9 Å². The smallest absolute Gasteiger partial charge is 0.162 e. The zero-order valence-corrected chi connectivity index (χ0v) is 29.6. The van der Waals surface area contributed by atoms with Gasteiger partial charge in [-0.15, -0.1) is 23.6 Å². The van der Waals surface area contributed by atoms with Crippen molar-refractivity contribution in [1.29, 1.82) is 0 Å². The summed E-state index contributed by atoms with van der Waals surface area (Å²) in [6, 6.07) is 35.7. The summed E-state index contributed by atoms with van der Waals surface area (Å²) in [5.74, 6) is 0.547. The largest absolute Gasteiger partial charge is 0.512 e. The van der Waals surface area contributed by atoms with Gasteiger partial charge in [-0.1, -0.05) is 111 Å². The van der Waals surface area contributed by atoms with Gasteiger partial charge >= 0.3 is 0 Å². The Labute approximate surface area is 284 Å². The molecule has 0 aliphatic rings. The van der Waals surface area contributed by atoms with Gasteiger partial charge in [0, 0.05) is 54.4 Å². The predicted octanol–water partition coefficient (Wildman–Crippen LogP) is 11.6. The first kappa shape index (κ1) is 34.2. The van der Waals surface area contributed by atoms with Gasteiger partial charge in [0.15, 0.2) is 5.78 Å². The van der Waals surface area contributed by atoms with Crippen LogP contribution in [-0.2, 0) is 24.9 Å². The Kier molecular flexibility index (Phi) is 12.2. The molecule has 0 spiro atoms. The number of aromatic nitrogens is 1. The molecule has 1 radical (unpaired) electrons. The second-order valence-electron chi connectivity index (χ2n) is 11.2. The fourth-order valence-corrected chi connectivity index (χ4v) is 6.92. The number of hydrogen-bond donors (Lipinski definition) is 1. The van der Waals surface area contributed by atoms with Crippen molar-refractivity contribution in [3.05, 3.63) is 115 Å². The van der Waals surface area contributed by atoms with Gasteiger partial charge in [-0.3, -0.25) is 9.78 Å². The number of nitrogens with zero attached hydrogens (tertiary/aromatic N) is 1. The molecule has 4 aromatic carbocycles. The van der Waals surface area contributed by atoms with Crippen LogP contribution in [0.25, 0.3) is 53.3 Å². The van der Waals surface area contributed by atoms with E-state index in [9.17, 15) is 9.90 Å². The number of carbonyl (C=O) groups excluding carboxylic acids is 1. The number of carbonyl (C=O) groups is 1. The summed E-state index contributed by atoms with van der Waals surface area (Å²) in [5, 5.41) is 13.2. The van der Waals surface area contributed by atoms with Gasteiger partial charge in [-0.05, 0) is 58.7 Å². The van der Waals surface area contributed by atoms with E-state index >= 15 is 0 Å². The zero-order chi connectivity index (χ0) is 31.1. The van der Waals surface area contributed by atoms with Crippen molar-refractivity contribution in [2.45, 2.75) is 53.4 Å². The number of rotatable bonds is 9. The number of aliphatic hydroxyl groups is 1. The molecule has 0 atom stereocenters. The summed E-state index contributed by atoms with van der Waals surface area (Å²) in [6.07, 6.45) is 6.82. The minimum Gasteiger partial charge on any atom is -0.512 e. The van der Waals surface area contributed by atoms with Crippen LogP contribution in [0, 0.1) is 17.9 Å². The fourth-order valence-electron chi connectivity index (χ4n) is 5.72. The van der Waals surface area contributed by atoms with Crippen molar-refractivity contribution < 1.29 is 30.0 Å². The van der Waals surface area contributed by atoms with Gasteiger partial charge < -0.3 is 5.11 Å². The van der Waals surface area contributed by atoms with Crippen molar-refractivity contribution in [1.82, 2.24) is 4.98 Å². The molecule has 0 aliphatic carbocycles. The second kappa shape index (κ2) is 16.1. The van der Waals surface area contributed by atoms with E-state index in [1.807, 2.05) is 40.0 Å². The molecular weight excluding hydrogens is 751 g/mol. The van der Waals surface area contributed by atoms with E-state index in [0.717, 1.165) is 42.0 Å². The first-order chi connectivity index (χ1) is 21.5. The molecule has 3 nitrogen and oxygen atoms in total. The SMILES string of the molecule is CCC(CC)C(=O)/C=C(\O)C(CC)CC.[Ir].[c-]1c2ccccc2cc2sc3c(-c4ccc(-c5ccccc5)cc4)ccnc3c12. The van der Waals surface area contributed by atoms with E-state index in [1.54, 1.807) is 11.3 Å². The Morgan fingerprint density at radius 1 is 0.800 bits per heavy atom. The molecule has 0 bridgehead atoms. The zero-order valence-electron chi connectivity index (χ0n) is 26.3. The maximum atomic E-state index is 11.7. The maximum absolute atomic E-state index is 11.7. The summed E-state index contributed by atoms with van der Waals surface area (Å²) < 4.78 is 2.46. The van der Waals surface area contributed by atoms with Gasteiger partial charge in [0.1, 0.15) is 0 Å². The topological polar surface area (TPSA) is 50.2 Å². The van der Waals surface area contributed by atoms with E-state index in [0.29, 0.717) is 0 Å². The van der Waals surface area contributed by atoms with Crippen molar-refractivity contribution in [2.24, 2.45) is 11.8 Å². The Morgan fingerprint density at radius 3 is 2.07 bits per heavy atom. The van der Waals surface area contributed by atoms with E-state index in [4.69, 9.17) is 4.98 Å². The molecule has 5 heteroatoms. The first-order valence-electron chi connectivity index (χ1n) is 15.7. The molecule has 6 aromatic rings. The third-order valence-electron chi connectivity index (χ3n) is 8.49. The first-order valence-corrected chi connectivity index (χ1v) is 16.5. The minimum absolute atomic E-state index is 0. The fraction of sp³-hybridized carbons (Fsp3) is 0.250. The molecule has 0 saturated carbocycles. The second-order valence-corrected chi connectivity index (χ2v) is 12.2. The number of thiophene rings is 1. The van der Waals surface area contributed by atoms with Gasteiger partial charge in [0.2, 0.25) is 0 Å². The van der Waals surface area contributed by atoms with Gasteiger partial charge in [-0.2, -0.15) is 11.3 Å². The number of hydrogen-bond acceptors (Lipinski definition) is 4. The summed E-state index contributed by atoms with van der Waals surface area (Å²) >= 11 is 1.80. The standard InChI is InChI=1S/C27H16NS.C13H24O2.Ir/c1-2-6-18(7-3-1)19-10-12-20(13-11-19)23-14-15-28-26-24-16-21-8-4-5-9-22(21)17-25(24)29-27(23)26;1-5-10(6-2)12(14)9-13(15)11(7-3)8-4;/h1-15,17H;9-11,14H,5-8H2,1-4H3;/q-1;;/b;12-9-;. The molecule has 0 amide bonds. The molecule has 1 N–H and O–H groups in total. The van der Waals surface area contributed by atoms with Crippen molar-refractivity contribution in [3.63, 3.8) is 0 Å². The van der Waals surface area contributed by atoms with Crippen LogP contribution in [0.3, 0.4) is 0 Å². The summed E-state index contributed by atoms with van der Waals surface area (Å²) in [7, 11) is 0. The van der Waals surface area contributed by atoms with Crippen LogP contribution in [0.5, 0.6) is 0 Å². The van der Waals surface area contributed by atoms with Crippen LogP contribution < -0.4 is 0 Å². The van der Waals surface area contributed by atoms with Crippen LogP contribution in [0.15, 0.2) is 109 Å². The molecule has 0 aliphatic heterocycles. The number of allylic oxidation sites excluding steroid dienone is 2. The third kappa shape index (κ3) is 7.79. The Hall–Kier alpha value is -3.63. The van der Waals surface area contributed by atoms with Crippen LogP contribution in [0.4, 0.5) is 0 Å². The average molecular weight is 791 g/mol. The van der Waals surface area contributed by atoms with Crippen LogP contribution >= 0.6 is 11.3 Å². The number of benzene rings is 4. The molecule has 2 aromatic heterocycles. The Morgan fingerprint density at radius 2 is 1.40 bits per heavy atom. The molecular formula is C40H40IrNO2S-. The summed E-state index contributed by atoms with van der Waals surface area (Å²) in [5.41, 5.74) is 5.96. The average Bonchev–Trinajstić information content (AvgIpc) is 3.43. The minimum atomic E-state index is 0. The molecule has 0 fully saturated rings.